The van der Waals surface area contributed by atoms with E-state index in [-0.39, 0.29) is 11.8 Å². The van der Waals surface area contributed by atoms with Crippen LogP contribution in [0.25, 0.3) is 0 Å². The minimum absolute atomic E-state index is 0.0881. The van der Waals surface area contributed by atoms with E-state index in [2.05, 4.69) is 20.5 Å². The lowest BCUT2D eigenvalue weighted by atomic mass is 10.1. The maximum absolute atomic E-state index is 13.1. The highest BCUT2D eigenvalue weighted by molar-refractivity contribution is 7.10. The molecular formula is C24H26N4O2S. The number of rotatable bonds is 7. The zero-order chi connectivity index (χ0) is 21.5. The van der Waals surface area contributed by atoms with Crippen molar-refractivity contribution in [3.05, 3.63) is 76.2 Å². The highest BCUT2D eigenvalue weighted by atomic mass is 32.1. The van der Waals surface area contributed by atoms with Gasteiger partial charge in [0.15, 0.2) is 0 Å². The number of piperidine rings is 1. The molecule has 2 amide bonds. The van der Waals surface area contributed by atoms with Gasteiger partial charge in [-0.1, -0.05) is 12.1 Å². The van der Waals surface area contributed by atoms with Crippen molar-refractivity contribution in [1.29, 1.82) is 0 Å². The Kier molecular flexibility index (Phi) is 6.94. The normalized spacial score (nSPS) is 13.6. The van der Waals surface area contributed by atoms with Crippen LogP contribution in [0.2, 0.25) is 0 Å². The summed E-state index contributed by atoms with van der Waals surface area (Å²) in [5, 5.41) is 7.89. The second-order valence-electron chi connectivity index (χ2n) is 7.63. The molecule has 0 atom stereocenters. The number of pyridine rings is 1. The summed E-state index contributed by atoms with van der Waals surface area (Å²) in [6.07, 6.45) is 7.24. The molecule has 7 heteroatoms. The highest BCUT2D eigenvalue weighted by Gasteiger charge is 2.20. The Morgan fingerprint density at radius 2 is 1.94 bits per heavy atom. The first kappa shape index (κ1) is 21.1. The third kappa shape index (κ3) is 5.70. The van der Waals surface area contributed by atoms with Gasteiger partial charge in [0, 0.05) is 48.3 Å². The zero-order valence-corrected chi connectivity index (χ0v) is 18.2. The molecule has 1 aromatic carbocycles. The highest BCUT2D eigenvalue weighted by Crippen LogP contribution is 2.27. The first-order valence-electron chi connectivity index (χ1n) is 10.6. The lowest BCUT2D eigenvalue weighted by Crippen LogP contribution is -2.32. The van der Waals surface area contributed by atoms with E-state index < -0.39 is 0 Å². The van der Waals surface area contributed by atoms with Crippen molar-refractivity contribution in [2.45, 2.75) is 32.2 Å². The molecule has 0 aliphatic carbocycles. The largest absolute Gasteiger partial charge is 0.371 e. The maximum atomic E-state index is 13.1. The third-order valence-corrected chi connectivity index (χ3v) is 6.19. The minimum atomic E-state index is -0.154. The smallest absolute Gasteiger partial charge is 0.253 e. The first-order valence-corrected chi connectivity index (χ1v) is 11.5. The second kappa shape index (κ2) is 10.2. The molecule has 6 nitrogen and oxygen atoms in total. The molecule has 160 valence electrons. The quantitative estimate of drug-likeness (QED) is 0.583. The van der Waals surface area contributed by atoms with E-state index in [0.717, 1.165) is 42.1 Å². The van der Waals surface area contributed by atoms with Crippen LogP contribution in [-0.4, -0.2) is 29.9 Å². The predicted octanol–water partition coefficient (Wildman–Crippen LogP) is 4.24. The van der Waals surface area contributed by atoms with E-state index in [1.54, 1.807) is 29.8 Å². The van der Waals surface area contributed by atoms with E-state index in [4.69, 9.17) is 0 Å². The number of hydrogen-bond acceptors (Lipinski definition) is 5. The Bertz CT molecular complexity index is 1020. The third-order valence-electron chi connectivity index (χ3n) is 5.31. The lowest BCUT2D eigenvalue weighted by molar-refractivity contribution is -0.115. The van der Waals surface area contributed by atoms with Crippen molar-refractivity contribution in [2.24, 2.45) is 0 Å². The van der Waals surface area contributed by atoms with Crippen molar-refractivity contribution in [3.63, 3.8) is 0 Å². The van der Waals surface area contributed by atoms with E-state index in [1.807, 2.05) is 41.8 Å². The second-order valence-corrected chi connectivity index (χ2v) is 8.66. The summed E-state index contributed by atoms with van der Waals surface area (Å²) in [5.41, 5.74) is 3.07. The molecule has 1 saturated heterocycles. The molecule has 0 saturated carbocycles. The summed E-state index contributed by atoms with van der Waals surface area (Å²) in [5.74, 6) is -0.242. The molecular weight excluding hydrogens is 408 g/mol. The summed E-state index contributed by atoms with van der Waals surface area (Å²) in [7, 11) is 0. The summed E-state index contributed by atoms with van der Waals surface area (Å²) >= 11 is 1.56. The van der Waals surface area contributed by atoms with Gasteiger partial charge in [-0.15, -0.1) is 11.3 Å². The molecule has 2 N–H and O–H groups in total. The van der Waals surface area contributed by atoms with Crippen molar-refractivity contribution < 1.29 is 9.59 Å². The average molecular weight is 435 g/mol. The lowest BCUT2D eigenvalue weighted by Gasteiger charge is -2.30. The van der Waals surface area contributed by atoms with Gasteiger partial charge >= 0.3 is 0 Å². The van der Waals surface area contributed by atoms with Gasteiger partial charge in [-0.2, -0.15) is 0 Å². The van der Waals surface area contributed by atoms with Crippen molar-refractivity contribution in [3.8, 4) is 0 Å². The topological polar surface area (TPSA) is 74.3 Å². The molecule has 1 aliphatic heterocycles. The fraction of sp³-hybridized carbons (Fsp3) is 0.292. The predicted molar refractivity (Wildman–Crippen MR) is 125 cm³/mol. The number of carbonyl (C=O) groups excluding carboxylic acids is 2. The molecule has 0 radical (unpaired) electrons. The number of anilines is 2. The number of nitrogens with one attached hydrogen (secondary N) is 2. The number of amides is 2. The molecule has 0 unspecified atom stereocenters. The number of thiophene rings is 1. The van der Waals surface area contributed by atoms with Crippen LogP contribution in [-0.2, 0) is 17.8 Å². The van der Waals surface area contributed by atoms with Gasteiger partial charge in [0.25, 0.3) is 5.91 Å². The fourth-order valence-corrected chi connectivity index (χ4v) is 4.47. The van der Waals surface area contributed by atoms with E-state index in [1.165, 1.54) is 6.42 Å². The average Bonchev–Trinajstić information content (AvgIpc) is 3.31. The van der Waals surface area contributed by atoms with Crippen LogP contribution in [0.4, 0.5) is 11.4 Å². The van der Waals surface area contributed by atoms with Crippen LogP contribution in [0.1, 0.15) is 40.1 Å². The summed E-state index contributed by atoms with van der Waals surface area (Å²) < 4.78 is 0. The molecule has 1 fully saturated rings. The zero-order valence-electron chi connectivity index (χ0n) is 17.3. The molecule has 0 spiro atoms. The monoisotopic (exact) mass is 434 g/mol. The molecule has 3 heterocycles. The van der Waals surface area contributed by atoms with Gasteiger partial charge in [0.05, 0.1) is 12.0 Å². The van der Waals surface area contributed by atoms with Crippen LogP contribution in [0.3, 0.4) is 0 Å². The van der Waals surface area contributed by atoms with Gasteiger partial charge in [0.2, 0.25) is 5.91 Å². The van der Waals surface area contributed by atoms with Gasteiger partial charge in [-0.25, -0.2) is 0 Å². The summed E-state index contributed by atoms with van der Waals surface area (Å²) in [6.45, 7) is 2.28. The molecule has 1 aliphatic rings. The summed E-state index contributed by atoms with van der Waals surface area (Å²) in [4.78, 5) is 32.9. The van der Waals surface area contributed by atoms with E-state index in [9.17, 15) is 9.59 Å². The van der Waals surface area contributed by atoms with Crippen LogP contribution < -0.4 is 15.5 Å². The fourth-order valence-electron chi connectivity index (χ4n) is 3.76. The Morgan fingerprint density at radius 3 is 2.68 bits per heavy atom. The van der Waals surface area contributed by atoms with Crippen LogP contribution in [0.5, 0.6) is 0 Å². The molecule has 4 rings (SSSR count). The number of nitrogens with zero attached hydrogens (tertiary/aromatic N) is 2. The summed E-state index contributed by atoms with van der Waals surface area (Å²) in [6, 6.07) is 13.3. The first-order chi connectivity index (χ1) is 15.2. The van der Waals surface area contributed by atoms with Gasteiger partial charge in [-0.3, -0.25) is 14.6 Å². The van der Waals surface area contributed by atoms with Gasteiger partial charge in [0.1, 0.15) is 0 Å². The van der Waals surface area contributed by atoms with E-state index in [0.29, 0.717) is 24.2 Å². The Labute approximate surface area is 186 Å². The number of aromatic nitrogens is 1. The number of benzene rings is 1. The van der Waals surface area contributed by atoms with E-state index >= 15 is 0 Å². The Balaban J connectivity index is 1.52. The Hall–Kier alpha value is -3.19. The standard InChI is InChI=1S/C24H26N4O2S/c29-23(15-20-7-5-13-31-20)27-19-8-9-22(28-11-2-1-3-12-28)21(14-19)24(30)26-17-18-6-4-10-25-16-18/h4-10,13-14,16H,1-3,11-12,15,17H2,(H,26,30)(H,27,29). The maximum Gasteiger partial charge on any atom is 0.253 e. The Morgan fingerprint density at radius 1 is 1.06 bits per heavy atom. The van der Waals surface area contributed by atoms with Crippen LogP contribution in [0, 0.1) is 0 Å². The molecule has 3 aromatic rings. The molecule has 0 bridgehead atoms. The SMILES string of the molecule is O=C(Cc1cccs1)Nc1ccc(N2CCCCC2)c(C(=O)NCc2cccnc2)c1. The molecule has 2 aromatic heterocycles. The van der Waals surface area contributed by atoms with Crippen LogP contribution in [0.15, 0.2) is 60.2 Å². The van der Waals surface area contributed by atoms with Crippen LogP contribution >= 0.6 is 11.3 Å². The number of carbonyl (C=O) groups is 2. The van der Waals surface area contributed by atoms with Crippen molar-refractivity contribution in [1.82, 2.24) is 10.3 Å². The van der Waals surface area contributed by atoms with Crippen molar-refractivity contribution in [2.75, 3.05) is 23.3 Å². The van der Waals surface area contributed by atoms with Gasteiger partial charge < -0.3 is 15.5 Å². The number of hydrogen-bond donors (Lipinski definition) is 2. The van der Waals surface area contributed by atoms with Gasteiger partial charge in [-0.05, 0) is 60.5 Å². The van der Waals surface area contributed by atoms with Crippen molar-refractivity contribution >= 4 is 34.5 Å². The molecule has 31 heavy (non-hydrogen) atoms. The minimum Gasteiger partial charge on any atom is -0.371 e.